The first kappa shape index (κ1) is 12.6. The van der Waals surface area contributed by atoms with E-state index in [1.807, 2.05) is 24.3 Å². The van der Waals surface area contributed by atoms with Crippen molar-refractivity contribution >= 4 is 17.4 Å². The van der Waals surface area contributed by atoms with E-state index in [9.17, 15) is 10.2 Å². The van der Waals surface area contributed by atoms with Gasteiger partial charge in [-0.3, -0.25) is 0 Å². The number of hydrogen-bond donors (Lipinski definition) is 3. The molecule has 0 heterocycles. The van der Waals surface area contributed by atoms with E-state index < -0.39 is 0 Å². The SMILES string of the molecule is Cc1cc(O)c(C)c(Sc2ccccc2N)c1O. The maximum atomic E-state index is 10.1. The topological polar surface area (TPSA) is 66.5 Å². The Balaban J connectivity index is 2.50. The van der Waals surface area contributed by atoms with Gasteiger partial charge in [-0.05, 0) is 37.6 Å². The maximum Gasteiger partial charge on any atom is 0.132 e. The van der Waals surface area contributed by atoms with Gasteiger partial charge in [0.25, 0.3) is 0 Å². The third kappa shape index (κ3) is 2.24. The van der Waals surface area contributed by atoms with Crippen molar-refractivity contribution in [2.75, 3.05) is 5.73 Å². The molecule has 0 fully saturated rings. The zero-order valence-electron chi connectivity index (χ0n) is 10.3. The lowest BCUT2D eigenvalue weighted by Gasteiger charge is -2.13. The van der Waals surface area contributed by atoms with Gasteiger partial charge in [0, 0.05) is 16.1 Å². The molecule has 0 amide bonds. The summed E-state index contributed by atoms with van der Waals surface area (Å²) in [6.45, 7) is 3.53. The van der Waals surface area contributed by atoms with Gasteiger partial charge in [-0.2, -0.15) is 0 Å². The van der Waals surface area contributed by atoms with Crippen LogP contribution in [-0.2, 0) is 0 Å². The molecule has 2 rings (SSSR count). The van der Waals surface area contributed by atoms with E-state index in [2.05, 4.69) is 0 Å². The molecule has 0 unspecified atom stereocenters. The Bertz CT molecular complexity index is 570. The van der Waals surface area contributed by atoms with Gasteiger partial charge in [0.15, 0.2) is 0 Å². The second-order valence-electron chi connectivity index (χ2n) is 4.16. The first-order valence-corrected chi connectivity index (χ1v) is 6.37. The lowest BCUT2D eigenvalue weighted by molar-refractivity contribution is 0.441. The van der Waals surface area contributed by atoms with Crippen molar-refractivity contribution in [3.63, 3.8) is 0 Å². The second-order valence-corrected chi connectivity index (χ2v) is 5.21. The fourth-order valence-corrected chi connectivity index (χ4v) is 2.73. The van der Waals surface area contributed by atoms with Gasteiger partial charge in [0.1, 0.15) is 11.5 Å². The number of nitrogens with two attached hydrogens (primary N) is 1. The highest BCUT2D eigenvalue weighted by atomic mass is 32.2. The standard InChI is InChI=1S/C14H15NO2S/c1-8-7-11(16)9(2)14(13(8)17)18-12-6-4-3-5-10(12)15/h3-7,16-17H,15H2,1-2H3. The molecule has 0 saturated heterocycles. The van der Waals surface area contributed by atoms with Crippen molar-refractivity contribution in [1.29, 1.82) is 0 Å². The smallest absolute Gasteiger partial charge is 0.132 e. The molecule has 0 saturated carbocycles. The minimum Gasteiger partial charge on any atom is -0.508 e. The molecule has 0 radical (unpaired) electrons. The number of aryl methyl sites for hydroxylation is 1. The van der Waals surface area contributed by atoms with Crippen molar-refractivity contribution in [2.24, 2.45) is 0 Å². The number of para-hydroxylation sites is 1. The Kier molecular flexibility index (Phi) is 3.39. The number of benzene rings is 2. The summed E-state index contributed by atoms with van der Waals surface area (Å²) < 4.78 is 0. The van der Waals surface area contributed by atoms with Crippen LogP contribution in [0.25, 0.3) is 0 Å². The average molecular weight is 261 g/mol. The fourth-order valence-electron chi connectivity index (χ4n) is 1.66. The molecule has 0 spiro atoms. The summed E-state index contributed by atoms with van der Waals surface area (Å²) in [4.78, 5) is 1.51. The minimum absolute atomic E-state index is 0.183. The van der Waals surface area contributed by atoms with Crippen molar-refractivity contribution in [3.8, 4) is 11.5 Å². The number of phenolic OH excluding ortho intramolecular Hbond substituents is 2. The predicted molar refractivity (Wildman–Crippen MR) is 74.2 cm³/mol. The molecule has 0 bridgehead atoms. The highest BCUT2D eigenvalue weighted by molar-refractivity contribution is 7.99. The van der Waals surface area contributed by atoms with E-state index in [1.54, 1.807) is 19.9 Å². The van der Waals surface area contributed by atoms with Gasteiger partial charge in [-0.1, -0.05) is 23.9 Å². The van der Waals surface area contributed by atoms with Gasteiger partial charge >= 0.3 is 0 Å². The van der Waals surface area contributed by atoms with Gasteiger partial charge in [-0.25, -0.2) is 0 Å². The molecule has 0 aliphatic carbocycles. The summed E-state index contributed by atoms with van der Waals surface area (Å²) in [5, 5.41) is 19.9. The van der Waals surface area contributed by atoms with Crippen LogP contribution in [-0.4, -0.2) is 10.2 Å². The average Bonchev–Trinajstić information content (AvgIpc) is 2.34. The lowest BCUT2D eigenvalue weighted by Crippen LogP contribution is -1.90. The van der Waals surface area contributed by atoms with E-state index in [0.717, 1.165) is 4.90 Å². The number of hydrogen-bond acceptors (Lipinski definition) is 4. The summed E-state index contributed by atoms with van der Waals surface area (Å²) in [5.41, 5.74) is 7.84. The Labute approximate surface area is 110 Å². The van der Waals surface area contributed by atoms with Crippen LogP contribution >= 0.6 is 11.8 Å². The van der Waals surface area contributed by atoms with Crippen LogP contribution in [0.1, 0.15) is 11.1 Å². The minimum atomic E-state index is 0.183. The van der Waals surface area contributed by atoms with Gasteiger partial charge < -0.3 is 15.9 Å². The second kappa shape index (κ2) is 4.82. The zero-order chi connectivity index (χ0) is 13.3. The van der Waals surface area contributed by atoms with E-state index in [4.69, 9.17) is 5.73 Å². The Morgan fingerprint density at radius 2 is 1.78 bits per heavy atom. The van der Waals surface area contributed by atoms with E-state index in [1.165, 1.54) is 11.8 Å². The highest BCUT2D eigenvalue weighted by Gasteiger charge is 2.14. The molecule has 0 aliphatic rings. The first-order valence-electron chi connectivity index (χ1n) is 5.55. The number of phenols is 2. The molecule has 2 aromatic rings. The molecule has 2 aromatic carbocycles. The third-order valence-electron chi connectivity index (χ3n) is 2.80. The summed E-state index contributed by atoms with van der Waals surface area (Å²) in [6, 6.07) is 9.01. The number of nitrogen functional groups attached to an aromatic ring is 1. The van der Waals surface area contributed by atoms with Gasteiger partial charge in [-0.15, -0.1) is 0 Å². The highest BCUT2D eigenvalue weighted by Crippen LogP contribution is 2.43. The summed E-state index contributed by atoms with van der Waals surface area (Å²) in [6.07, 6.45) is 0. The van der Waals surface area contributed by atoms with Crippen LogP contribution in [0.2, 0.25) is 0 Å². The van der Waals surface area contributed by atoms with Crippen LogP contribution in [0.15, 0.2) is 40.1 Å². The summed E-state index contributed by atoms with van der Waals surface area (Å²) in [5.74, 6) is 0.376. The van der Waals surface area contributed by atoms with E-state index >= 15 is 0 Å². The number of aromatic hydroxyl groups is 2. The molecule has 18 heavy (non-hydrogen) atoms. The normalized spacial score (nSPS) is 10.6. The molecule has 4 heteroatoms. The van der Waals surface area contributed by atoms with E-state index in [-0.39, 0.29) is 11.5 Å². The third-order valence-corrected chi connectivity index (χ3v) is 4.09. The molecule has 0 aromatic heterocycles. The number of anilines is 1. The van der Waals surface area contributed by atoms with Crippen molar-refractivity contribution in [2.45, 2.75) is 23.6 Å². The summed E-state index contributed by atoms with van der Waals surface area (Å²) >= 11 is 1.36. The van der Waals surface area contributed by atoms with Crippen molar-refractivity contribution in [1.82, 2.24) is 0 Å². The van der Waals surface area contributed by atoms with Crippen LogP contribution in [0, 0.1) is 13.8 Å². The summed E-state index contributed by atoms with van der Waals surface area (Å²) in [7, 11) is 0. The number of rotatable bonds is 2. The van der Waals surface area contributed by atoms with Gasteiger partial charge in [0.2, 0.25) is 0 Å². The Morgan fingerprint density at radius 1 is 1.11 bits per heavy atom. The van der Waals surface area contributed by atoms with Crippen molar-refractivity contribution < 1.29 is 10.2 Å². The molecule has 94 valence electrons. The largest absolute Gasteiger partial charge is 0.508 e. The molecular weight excluding hydrogens is 246 g/mol. The molecule has 3 nitrogen and oxygen atoms in total. The van der Waals surface area contributed by atoms with Crippen LogP contribution in [0.5, 0.6) is 11.5 Å². The molecule has 0 atom stereocenters. The molecular formula is C14H15NO2S. The lowest BCUT2D eigenvalue weighted by atomic mass is 10.1. The monoisotopic (exact) mass is 261 g/mol. The zero-order valence-corrected chi connectivity index (χ0v) is 11.1. The maximum absolute atomic E-state index is 10.1. The fraction of sp³-hybridized carbons (Fsp3) is 0.143. The van der Waals surface area contributed by atoms with Crippen LogP contribution in [0.4, 0.5) is 5.69 Å². The molecule has 4 N–H and O–H groups in total. The van der Waals surface area contributed by atoms with Gasteiger partial charge in [0.05, 0.1) is 4.90 Å². The van der Waals surface area contributed by atoms with Crippen LogP contribution < -0.4 is 5.73 Å². The van der Waals surface area contributed by atoms with E-state index in [0.29, 0.717) is 21.7 Å². The predicted octanol–water partition coefficient (Wildman–Crippen LogP) is 3.45. The van der Waals surface area contributed by atoms with Crippen molar-refractivity contribution in [3.05, 3.63) is 41.5 Å². The molecule has 0 aliphatic heterocycles. The Morgan fingerprint density at radius 3 is 2.44 bits per heavy atom. The first-order chi connectivity index (χ1) is 8.50. The Hall–Kier alpha value is -1.81. The van der Waals surface area contributed by atoms with Crippen LogP contribution in [0.3, 0.4) is 0 Å². The quantitative estimate of drug-likeness (QED) is 0.572.